The summed E-state index contributed by atoms with van der Waals surface area (Å²) in [6.07, 6.45) is 2.83. The normalized spacial score (nSPS) is 10.5. The Morgan fingerprint density at radius 3 is 2.65 bits per heavy atom. The van der Waals surface area contributed by atoms with Crippen molar-refractivity contribution < 1.29 is 14.3 Å². The molecule has 1 aromatic heterocycles. The fourth-order valence-corrected chi connectivity index (χ4v) is 2.68. The highest BCUT2D eigenvalue weighted by atomic mass is 32.1. The monoisotopic (exact) mass is 376 g/mol. The lowest BCUT2D eigenvalue weighted by Crippen LogP contribution is -2.28. The van der Waals surface area contributed by atoms with Crippen LogP contribution in [-0.2, 0) is 20.9 Å². The molecule has 0 unspecified atom stereocenters. The number of aromatic amines is 1. The van der Waals surface area contributed by atoms with Gasteiger partial charge in [0, 0.05) is 18.5 Å². The second-order valence-electron chi connectivity index (χ2n) is 6.04. The van der Waals surface area contributed by atoms with Crippen LogP contribution in [0.5, 0.6) is 0 Å². The van der Waals surface area contributed by atoms with Gasteiger partial charge < -0.3 is 10.1 Å². The molecule has 0 fully saturated rings. The maximum atomic E-state index is 12.2. The Bertz CT molecular complexity index is 796. The Balaban J connectivity index is 1.84. The molecular formula is C18H24N4O3S. The van der Waals surface area contributed by atoms with Gasteiger partial charge in [0.25, 0.3) is 0 Å². The second-order valence-corrected chi connectivity index (χ2v) is 6.43. The zero-order chi connectivity index (χ0) is 18.9. The van der Waals surface area contributed by atoms with Gasteiger partial charge in [-0.05, 0) is 32.0 Å². The molecule has 1 heterocycles. The van der Waals surface area contributed by atoms with E-state index in [4.69, 9.17) is 12.2 Å². The molecule has 7 nitrogen and oxygen atoms in total. The summed E-state index contributed by atoms with van der Waals surface area (Å²) in [7, 11) is 1.38. The smallest absolute Gasteiger partial charge is 0.305 e. The standard InChI is InChI=1S/C18H24N4O3S/c1-13-7-9-14(10-8-13)17-20-21-18(26)22(17)12-15(23)19-11-5-3-4-6-16(24)25-2/h7-10H,3-6,11-12H2,1-2H3,(H,19,23)(H,21,26). The van der Waals surface area contributed by atoms with E-state index in [0.29, 0.717) is 23.6 Å². The summed E-state index contributed by atoms with van der Waals surface area (Å²) < 4.78 is 6.69. The van der Waals surface area contributed by atoms with Gasteiger partial charge in [0.05, 0.1) is 7.11 Å². The van der Waals surface area contributed by atoms with Gasteiger partial charge in [-0.3, -0.25) is 19.3 Å². The quantitative estimate of drug-likeness (QED) is 0.399. The summed E-state index contributed by atoms with van der Waals surface area (Å²) in [5.41, 5.74) is 2.05. The molecule has 8 heteroatoms. The number of nitrogens with zero attached hydrogens (tertiary/aromatic N) is 2. The Hall–Kier alpha value is -2.48. The summed E-state index contributed by atoms with van der Waals surface area (Å²) in [6, 6.07) is 7.89. The number of esters is 1. The van der Waals surface area contributed by atoms with Crippen LogP contribution in [-0.4, -0.2) is 40.3 Å². The molecule has 0 bridgehead atoms. The van der Waals surface area contributed by atoms with Crippen molar-refractivity contribution in [1.29, 1.82) is 0 Å². The van der Waals surface area contributed by atoms with Crippen LogP contribution in [0.3, 0.4) is 0 Å². The molecule has 0 saturated heterocycles. The number of nitrogens with one attached hydrogen (secondary N) is 2. The fraction of sp³-hybridized carbons (Fsp3) is 0.444. The molecule has 0 spiro atoms. The molecule has 0 aliphatic carbocycles. The van der Waals surface area contributed by atoms with Gasteiger partial charge in [0.15, 0.2) is 10.6 Å². The van der Waals surface area contributed by atoms with Crippen molar-refractivity contribution in [2.75, 3.05) is 13.7 Å². The molecule has 2 N–H and O–H groups in total. The Labute approximate surface area is 157 Å². The van der Waals surface area contributed by atoms with Crippen molar-refractivity contribution in [3.05, 3.63) is 34.6 Å². The topological polar surface area (TPSA) is 89.0 Å². The van der Waals surface area contributed by atoms with Crippen molar-refractivity contribution in [2.45, 2.75) is 39.2 Å². The van der Waals surface area contributed by atoms with Gasteiger partial charge in [0.2, 0.25) is 5.91 Å². The lowest BCUT2D eigenvalue weighted by molar-refractivity contribution is -0.140. The van der Waals surface area contributed by atoms with Gasteiger partial charge in [-0.2, -0.15) is 5.10 Å². The molecule has 26 heavy (non-hydrogen) atoms. The number of rotatable bonds is 9. The zero-order valence-electron chi connectivity index (χ0n) is 15.1. The Kier molecular flexibility index (Phi) is 7.53. The summed E-state index contributed by atoms with van der Waals surface area (Å²) in [5.74, 6) is 0.319. The first-order chi connectivity index (χ1) is 12.5. The van der Waals surface area contributed by atoms with Crippen molar-refractivity contribution in [1.82, 2.24) is 20.1 Å². The first-order valence-electron chi connectivity index (χ1n) is 8.57. The summed E-state index contributed by atoms with van der Waals surface area (Å²) in [4.78, 5) is 23.2. The van der Waals surface area contributed by atoms with Crippen molar-refractivity contribution in [2.24, 2.45) is 0 Å². The number of amides is 1. The molecule has 2 rings (SSSR count). The number of hydrogen-bond donors (Lipinski definition) is 2. The summed E-state index contributed by atoms with van der Waals surface area (Å²) in [6.45, 7) is 2.69. The number of aromatic nitrogens is 3. The van der Waals surface area contributed by atoms with E-state index in [1.807, 2.05) is 31.2 Å². The lowest BCUT2D eigenvalue weighted by atomic mass is 10.1. The number of aryl methyl sites for hydroxylation is 1. The van der Waals surface area contributed by atoms with Crippen molar-refractivity contribution in [3.8, 4) is 11.4 Å². The third kappa shape index (κ3) is 5.80. The number of carbonyl (C=O) groups excluding carboxylic acids is 2. The van der Waals surface area contributed by atoms with Crippen molar-refractivity contribution in [3.63, 3.8) is 0 Å². The maximum absolute atomic E-state index is 12.2. The Morgan fingerprint density at radius 1 is 1.23 bits per heavy atom. The molecular weight excluding hydrogens is 352 g/mol. The van der Waals surface area contributed by atoms with Gasteiger partial charge in [-0.1, -0.05) is 36.2 Å². The Morgan fingerprint density at radius 2 is 1.96 bits per heavy atom. The number of benzene rings is 1. The van der Waals surface area contributed by atoms with Crippen molar-refractivity contribution >= 4 is 24.1 Å². The van der Waals surface area contributed by atoms with Gasteiger partial charge in [-0.15, -0.1) is 0 Å². The van der Waals surface area contributed by atoms with E-state index in [0.717, 1.165) is 30.4 Å². The number of methoxy groups -OCH3 is 1. The maximum Gasteiger partial charge on any atom is 0.305 e. The van der Waals surface area contributed by atoms with Crippen LogP contribution in [0, 0.1) is 11.7 Å². The van der Waals surface area contributed by atoms with E-state index in [-0.39, 0.29) is 18.4 Å². The number of carbonyl (C=O) groups is 2. The van der Waals surface area contributed by atoms with E-state index in [1.54, 1.807) is 4.57 Å². The average molecular weight is 376 g/mol. The highest BCUT2D eigenvalue weighted by molar-refractivity contribution is 7.71. The number of ether oxygens (including phenoxy) is 1. The summed E-state index contributed by atoms with van der Waals surface area (Å²) in [5, 5.41) is 9.86. The minimum absolute atomic E-state index is 0.112. The molecule has 1 aromatic carbocycles. The molecule has 0 atom stereocenters. The second kappa shape index (κ2) is 9.86. The minimum Gasteiger partial charge on any atom is -0.469 e. The number of H-pyrrole nitrogens is 1. The molecule has 1 amide bonds. The van der Waals surface area contributed by atoms with Crippen LogP contribution >= 0.6 is 12.2 Å². The van der Waals surface area contributed by atoms with Crippen LogP contribution in [0.1, 0.15) is 31.2 Å². The van der Waals surface area contributed by atoms with E-state index >= 15 is 0 Å². The third-order valence-corrected chi connectivity index (χ3v) is 4.29. The van der Waals surface area contributed by atoms with Gasteiger partial charge in [-0.25, -0.2) is 0 Å². The minimum atomic E-state index is -0.202. The molecule has 0 aliphatic heterocycles. The predicted octanol–water partition coefficient (Wildman–Crippen LogP) is 2.77. The van der Waals surface area contributed by atoms with Crippen LogP contribution in [0.2, 0.25) is 0 Å². The van der Waals surface area contributed by atoms with Gasteiger partial charge in [0.1, 0.15) is 6.54 Å². The zero-order valence-corrected chi connectivity index (χ0v) is 15.9. The SMILES string of the molecule is COC(=O)CCCCCNC(=O)Cn1c(-c2ccc(C)cc2)n[nH]c1=S. The van der Waals surface area contributed by atoms with Crippen LogP contribution in [0.4, 0.5) is 0 Å². The van der Waals surface area contributed by atoms with Gasteiger partial charge >= 0.3 is 5.97 Å². The largest absolute Gasteiger partial charge is 0.469 e. The third-order valence-electron chi connectivity index (χ3n) is 3.98. The average Bonchev–Trinajstić information content (AvgIpc) is 2.99. The number of unbranched alkanes of at least 4 members (excludes halogenated alkanes) is 2. The predicted molar refractivity (Wildman–Crippen MR) is 101 cm³/mol. The van der Waals surface area contributed by atoms with E-state index in [1.165, 1.54) is 7.11 Å². The fourth-order valence-electron chi connectivity index (χ4n) is 2.49. The van der Waals surface area contributed by atoms with Crippen LogP contribution in [0.15, 0.2) is 24.3 Å². The molecule has 2 aromatic rings. The summed E-state index contributed by atoms with van der Waals surface area (Å²) >= 11 is 5.24. The molecule has 140 valence electrons. The van der Waals surface area contributed by atoms with E-state index < -0.39 is 0 Å². The van der Waals surface area contributed by atoms with Crippen LogP contribution in [0.25, 0.3) is 11.4 Å². The molecule has 0 saturated carbocycles. The highest BCUT2D eigenvalue weighted by Gasteiger charge is 2.12. The lowest BCUT2D eigenvalue weighted by Gasteiger charge is -2.08. The van der Waals surface area contributed by atoms with Crippen LogP contribution < -0.4 is 5.32 Å². The first-order valence-corrected chi connectivity index (χ1v) is 8.98. The van der Waals surface area contributed by atoms with E-state index in [9.17, 15) is 9.59 Å². The number of hydrogen-bond acceptors (Lipinski definition) is 5. The first kappa shape index (κ1) is 19.8. The molecule has 0 aliphatic rings. The highest BCUT2D eigenvalue weighted by Crippen LogP contribution is 2.17. The molecule has 0 radical (unpaired) electrons. The van der Waals surface area contributed by atoms with E-state index in [2.05, 4.69) is 20.3 Å².